The minimum atomic E-state index is -0.966. The summed E-state index contributed by atoms with van der Waals surface area (Å²) in [6.45, 7) is 0.934. The maximum atomic E-state index is 13.8. The number of aliphatic carboxylic acids is 1. The van der Waals surface area contributed by atoms with Gasteiger partial charge in [-0.25, -0.2) is 4.79 Å². The molecule has 0 spiro atoms. The van der Waals surface area contributed by atoms with Crippen LogP contribution in [0.3, 0.4) is 0 Å². The van der Waals surface area contributed by atoms with E-state index < -0.39 is 17.9 Å². The smallest absolute Gasteiger partial charge is 0.326 e. The third-order valence-electron chi connectivity index (χ3n) is 6.61. The van der Waals surface area contributed by atoms with Crippen LogP contribution in [-0.2, 0) is 9.59 Å². The lowest BCUT2D eigenvalue weighted by Crippen LogP contribution is -2.55. The van der Waals surface area contributed by atoms with E-state index >= 15 is 0 Å². The molecule has 0 aliphatic carbocycles. The van der Waals surface area contributed by atoms with Gasteiger partial charge >= 0.3 is 5.97 Å². The number of nitrogens with zero attached hydrogens (tertiary/aromatic N) is 2. The fourth-order valence-electron chi connectivity index (χ4n) is 4.70. The predicted molar refractivity (Wildman–Crippen MR) is 137 cm³/mol. The van der Waals surface area contributed by atoms with Crippen LogP contribution in [0.15, 0.2) is 91.0 Å². The highest BCUT2D eigenvalue weighted by atomic mass is 16.4. The summed E-state index contributed by atoms with van der Waals surface area (Å²) in [5, 5.41) is 10.1. The van der Waals surface area contributed by atoms with Crippen LogP contribution in [0.2, 0.25) is 0 Å². The van der Waals surface area contributed by atoms with Crippen LogP contribution in [0, 0.1) is 11.8 Å². The lowest BCUT2D eigenvalue weighted by molar-refractivity contribution is -0.153. The van der Waals surface area contributed by atoms with Crippen molar-refractivity contribution in [1.82, 2.24) is 9.80 Å². The predicted octanol–water partition coefficient (Wildman–Crippen LogP) is 4.25. The van der Waals surface area contributed by atoms with E-state index in [-0.39, 0.29) is 11.9 Å². The van der Waals surface area contributed by atoms with E-state index in [1.54, 1.807) is 4.90 Å². The fourth-order valence-corrected chi connectivity index (χ4v) is 4.70. The lowest BCUT2D eigenvalue weighted by Gasteiger charge is -2.41. The summed E-state index contributed by atoms with van der Waals surface area (Å²) in [6.07, 6.45) is 1.08. The molecular formula is C30H30N2O3. The molecule has 3 aromatic carbocycles. The maximum absolute atomic E-state index is 13.8. The molecule has 0 saturated carbocycles. The van der Waals surface area contributed by atoms with Crippen LogP contribution < -0.4 is 0 Å². The summed E-state index contributed by atoms with van der Waals surface area (Å²) in [5.41, 5.74) is 2.68. The summed E-state index contributed by atoms with van der Waals surface area (Å²) in [7, 11) is 1.97. The highest BCUT2D eigenvalue weighted by molar-refractivity contribution is 5.91. The van der Waals surface area contributed by atoms with Crippen molar-refractivity contribution < 1.29 is 14.7 Å². The Morgan fingerprint density at radius 1 is 0.943 bits per heavy atom. The molecule has 1 saturated heterocycles. The van der Waals surface area contributed by atoms with Crippen molar-refractivity contribution in [1.29, 1.82) is 0 Å². The average molecular weight is 467 g/mol. The van der Waals surface area contributed by atoms with E-state index in [0.29, 0.717) is 25.9 Å². The highest BCUT2D eigenvalue weighted by Gasteiger charge is 2.40. The molecular weight excluding hydrogens is 436 g/mol. The molecule has 5 nitrogen and oxygen atoms in total. The van der Waals surface area contributed by atoms with Crippen molar-refractivity contribution in [3.8, 4) is 11.8 Å². The van der Waals surface area contributed by atoms with Crippen LogP contribution in [0.25, 0.3) is 0 Å². The molecule has 0 unspecified atom stereocenters. The zero-order chi connectivity index (χ0) is 24.6. The SMILES string of the molecule is CN(CC#Cc1ccccc1)[C@H]1CCN(C(=O)C(c2ccccc2)c2ccccc2)[C@H](C(=O)O)C1. The fraction of sp³-hybridized carbons (Fsp3) is 0.267. The number of carboxylic acid groups (broad SMARTS) is 1. The van der Waals surface area contributed by atoms with E-state index in [0.717, 1.165) is 16.7 Å². The van der Waals surface area contributed by atoms with Crippen molar-refractivity contribution in [2.45, 2.75) is 30.8 Å². The number of likely N-dealkylation sites (tertiary alicyclic amines) is 1. The molecule has 1 aliphatic rings. The Labute approximate surface area is 207 Å². The number of carbonyl (C=O) groups excluding carboxylic acids is 1. The number of hydrogen-bond acceptors (Lipinski definition) is 3. The molecule has 5 heteroatoms. The van der Waals surface area contributed by atoms with E-state index in [1.165, 1.54) is 0 Å². The molecule has 1 N–H and O–H groups in total. The molecule has 35 heavy (non-hydrogen) atoms. The zero-order valence-corrected chi connectivity index (χ0v) is 19.9. The topological polar surface area (TPSA) is 60.9 Å². The zero-order valence-electron chi connectivity index (χ0n) is 19.9. The van der Waals surface area contributed by atoms with Gasteiger partial charge in [0.2, 0.25) is 5.91 Å². The maximum Gasteiger partial charge on any atom is 0.326 e. The summed E-state index contributed by atoms with van der Waals surface area (Å²) in [5.74, 6) is 4.67. The van der Waals surface area contributed by atoms with Crippen LogP contribution in [-0.4, -0.2) is 59.0 Å². The van der Waals surface area contributed by atoms with Crippen LogP contribution in [0.4, 0.5) is 0 Å². The van der Waals surface area contributed by atoms with E-state index in [4.69, 9.17) is 0 Å². The van der Waals surface area contributed by atoms with Gasteiger partial charge in [-0.15, -0.1) is 0 Å². The number of piperidine rings is 1. The van der Waals surface area contributed by atoms with Crippen LogP contribution >= 0.6 is 0 Å². The second-order valence-electron chi connectivity index (χ2n) is 8.90. The first-order valence-corrected chi connectivity index (χ1v) is 11.9. The van der Waals surface area contributed by atoms with Crippen LogP contribution in [0.1, 0.15) is 35.4 Å². The van der Waals surface area contributed by atoms with Gasteiger partial charge in [0, 0.05) is 18.2 Å². The molecule has 0 radical (unpaired) electrons. The van der Waals surface area contributed by atoms with Gasteiger partial charge in [-0.3, -0.25) is 9.69 Å². The second-order valence-corrected chi connectivity index (χ2v) is 8.90. The van der Waals surface area contributed by atoms with Gasteiger partial charge in [0.25, 0.3) is 0 Å². The van der Waals surface area contributed by atoms with Gasteiger partial charge in [-0.2, -0.15) is 0 Å². The molecule has 0 bridgehead atoms. The molecule has 0 aromatic heterocycles. The van der Waals surface area contributed by atoms with E-state index in [2.05, 4.69) is 16.7 Å². The molecule has 1 amide bonds. The van der Waals surface area contributed by atoms with E-state index in [9.17, 15) is 14.7 Å². The van der Waals surface area contributed by atoms with Gasteiger partial charge < -0.3 is 10.0 Å². The molecule has 1 heterocycles. The lowest BCUT2D eigenvalue weighted by atomic mass is 9.87. The third kappa shape index (κ3) is 5.98. The second kappa shape index (κ2) is 11.5. The van der Waals surface area contributed by atoms with Crippen molar-refractivity contribution in [3.63, 3.8) is 0 Å². The largest absolute Gasteiger partial charge is 0.480 e. The quantitative estimate of drug-likeness (QED) is 0.552. The minimum absolute atomic E-state index is 0.0390. The standard InChI is InChI=1S/C30H30N2O3/c1-31(20-11-14-23-12-5-2-6-13-23)26-19-21-32(27(22-26)30(34)35)29(33)28(24-15-7-3-8-16-24)25-17-9-4-10-18-25/h2-10,12-13,15-18,26-28H,19-22H2,1H3,(H,34,35)/t26-,27-/m0/s1. The van der Waals surface area contributed by atoms with Gasteiger partial charge in [-0.05, 0) is 43.1 Å². The van der Waals surface area contributed by atoms with Crippen molar-refractivity contribution in [3.05, 3.63) is 108 Å². The number of amides is 1. The molecule has 1 aliphatic heterocycles. The normalized spacial score (nSPS) is 17.6. The Morgan fingerprint density at radius 2 is 1.49 bits per heavy atom. The summed E-state index contributed by atoms with van der Waals surface area (Å²) < 4.78 is 0. The molecule has 1 fully saturated rings. The number of rotatable bonds is 6. The highest BCUT2D eigenvalue weighted by Crippen LogP contribution is 2.31. The average Bonchev–Trinajstić information content (AvgIpc) is 2.90. The minimum Gasteiger partial charge on any atom is -0.480 e. The first-order chi connectivity index (χ1) is 17.0. The van der Waals surface area contributed by atoms with Gasteiger partial charge in [0.15, 0.2) is 0 Å². The summed E-state index contributed by atoms with van der Waals surface area (Å²) in [4.78, 5) is 29.8. The Hall–Kier alpha value is -3.88. The summed E-state index contributed by atoms with van der Waals surface area (Å²) in [6, 6.07) is 28.1. The first-order valence-electron chi connectivity index (χ1n) is 11.9. The third-order valence-corrected chi connectivity index (χ3v) is 6.61. The number of carboxylic acids is 1. The number of hydrogen-bond donors (Lipinski definition) is 1. The molecule has 178 valence electrons. The van der Waals surface area contributed by atoms with Gasteiger partial charge in [-0.1, -0.05) is 90.7 Å². The molecule has 3 aromatic rings. The Morgan fingerprint density at radius 3 is 2.03 bits per heavy atom. The number of benzene rings is 3. The monoisotopic (exact) mass is 466 g/mol. The van der Waals surface area contributed by atoms with Crippen molar-refractivity contribution in [2.24, 2.45) is 0 Å². The Balaban J connectivity index is 1.50. The molecule has 4 rings (SSSR count). The van der Waals surface area contributed by atoms with E-state index in [1.807, 2.05) is 98.0 Å². The Bertz CT molecular complexity index is 1150. The Kier molecular flexibility index (Phi) is 7.97. The van der Waals surface area contributed by atoms with Crippen LogP contribution in [0.5, 0.6) is 0 Å². The number of carbonyl (C=O) groups is 2. The molecule has 2 atom stereocenters. The van der Waals surface area contributed by atoms with Crippen molar-refractivity contribution >= 4 is 11.9 Å². The van der Waals surface area contributed by atoms with Gasteiger partial charge in [0.05, 0.1) is 12.5 Å². The first kappa shape index (κ1) is 24.3. The van der Waals surface area contributed by atoms with Gasteiger partial charge in [0.1, 0.15) is 6.04 Å². The summed E-state index contributed by atoms with van der Waals surface area (Å²) >= 11 is 0. The van der Waals surface area contributed by atoms with Crippen molar-refractivity contribution in [2.75, 3.05) is 20.1 Å².